The number of nitriles is 1. The average Bonchev–Trinajstić information content (AvgIpc) is 3.77. The van der Waals surface area contributed by atoms with Crippen molar-refractivity contribution in [3.05, 3.63) is 163 Å². The molecule has 3 heterocycles. The molecule has 218 valence electrons. The van der Waals surface area contributed by atoms with E-state index in [2.05, 4.69) is 159 Å². The maximum absolute atomic E-state index is 9.68. The zero-order valence-electron chi connectivity index (χ0n) is 25.3. The number of nitrogens with zero attached hydrogens (tertiary/aromatic N) is 4. The summed E-state index contributed by atoms with van der Waals surface area (Å²) in [6.45, 7) is 0. The van der Waals surface area contributed by atoms with Crippen LogP contribution in [0.2, 0.25) is 0 Å². The van der Waals surface area contributed by atoms with Crippen molar-refractivity contribution in [3.63, 3.8) is 0 Å². The number of rotatable bonds is 3. The molecule has 4 nitrogen and oxygen atoms in total. The molecule has 0 N–H and O–H groups in total. The molecular formula is C43H26N4. The van der Waals surface area contributed by atoms with Crippen LogP contribution in [0, 0.1) is 11.3 Å². The molecule has 7 aromatic carbocycles. The topological polar surface area (TPSA) is 38.6 Å². The first kappa shape index (κ1) is 25.7. The Kier molecular flexibility index (Phi) is 5.32. The van der Waals surface area contributed by atoms with Crippen molar-refractivity contribution in [1.82, 2.24) is 13.7 Å². The van der Waals surface area contributed by atoms with Crippen LogP contribution in [0.15, 0.2) is 158 Å². The number of benzene rings is 7. The van der Waals surface area contributed by atoms with Crippen molar-refractivity contribution < 1.29 is 0 Å². The Labute approximate surface area is 270 Å². The van der Waals surface area contributed by atoms with Crippen LogP contribution in [0.5, 0.6) is 0 Å². The number of hydrogen-bond acceptors (Lipinski definition) is 1. The molecular weight excluding hydrogens is 573 g/mol. The Morgan fingerprint density at radius 2 is 0.851 bits per heavy atom. The van der Waals surface area contributed by atoms with Crippen molar-refractivity contribution in [2.75, 3.05) is 0 Å². The summed E-state index contributed by atoms with van der Waals surface area (Å²) in [4.78, 5) is 0. The smallest absolute Gasteiger partial charge is 0.0992 e. The molecule has 0 spiro atoms. The zero-order valence-corrected chi connectivity index (χ0v) is 25.3. The Bertz CT molecular complexity index is 2870. The second kappa shape index (κ2) is 9.71. The van der Waals surface area contributed by atoms with Gasteiger partial charge in [0.25, 0.3) is 0 Å². The van der Waals surface area contributed by atoms with Gasteiger partial charge in [-0.3, -0.25) is 0 Å². The van der Waals surface area contributed by atoms with Crippen LogP contribution in [-0.2, 0) is 0 Å². The molecule has 10 rings (SSSR count). The highest BCUT2D eigenvalue weighted by atomic mass is 15.0. The van der Waals surface area contributed by atoms with Crippen LogP contribution in [0.25, 0.3) is 82.5 Å². The van der Waals surface area contributed by atoms with Crippen molar-refractivity contribution >= 4 is 65.4 Å². The van der Waals surface area contributed by atoms with Crippen LogP contribution in [0.3, 0.4) is 0 Å². The third kappa shape index (κ3) is 3.57. The van der Waals surface area contributed by atoms with Crippen molar-refractivity contribution in [1.29, 1.82) is 5.26 Å². The van der Waals surface area contributed by atoms with E-state index in [1.807, 2.05) is 18.2 Å². The SMILES string of the molecule is N#Cc1cccc(-n2c3ccccc3c3c(-n4c5ccccc5c5cc(-n6c7ccccc7c7ccccc76)ccc54)cccc32)c1. The van der Waals surface area contributed by atoms with Gasteiger partial charge in [-0.2, -0.15) is 5.26 Å². The van der Waals surface area contributed by atoms with Gasteiger partial charge in [-0.05, 0) is 72.8 Å². The summed E-state index contributed by atoms with van der Waals surface area (Å²) in [7, 11) is 0. The molecule has 0 radical (unpaired) electrons. The molecule has 47 heavy (non-hydrogen) atoms. The molecule has 0 bridgehead atoms. The molecule has 0 aliphatic carbocycles. The van der Waals surface area contributed by atoms with E-state index in [0.717, 1.165) is 39.1 Å². The summed E-state index contributed by atoms with van der Waals surface area (Å²) in [5.41, 5.74) is 10.8. The summed E-state index contributed by atoms with van der Waals surface area (Å²) in [5, 5.41) is 17.0. The quantitative estimate of drug-likeness (QED) is 0.199. The first-order valence-corrected chi connectivity index (χ1v) is 15.8. The normalized spacial score (nSPS) is 11.8. The Balaban J connectivity index is 1.29. The summed E-state index contributed by atoms with van der Waals surface area (Å²) in [6.07, 6.45) is 0. The number of hydrogen-bond donors (Lipinski definition) is 0. The molecule has 0 amide bonds. The molecule has 0 atom stereocenters. The fraction of sp³-hybridized carbons (Fsp3) is 0. The number of fused-ring (bicyclic) bond motifs is 9. The lowest BCUT2D eigenvalue weighted by atomic mass is 10.1. The number of para-hydroxylation sites is 4. The molecule has 0 saturated heterocycles. The summed E-state index contributed by atoms with van der Waals surface area (Å²) < 4.78 is 7.09. The van der Waals surface area contributed by atoms with E-state index in [1.165, 1.54) is 43.4 Å². The molecule has 0 saturated carbocycles. The van der Waals surface area contributed by atoms with E-state index in [1.54, 1.807) is 0 Å². The van der Waals surface area contributed by atoms with Gasteiger partial charge in [0, 0.05) is 43.7 Å². The van der Waals surface area contributed by atoms with Gasteiger partial charge in [-0.15, -0.1) is 0 Å². The average molecular weight is 599 g/mol. The van der Waals surface area contributed by atoms with Gasteiger partial charge in [0.05, 0.1) is 50.4 Å². The largest absolute Gasteiger partial charge is 0.309 e. The van der Waals surface area contributed by atoms with Crippen LogP contribution >= 0.6 is 0 Å². The lowest BCUT2D eigenvalue weighted by Crippen LogP contribution is -1.97. The fourth-order valence-corrected chi connectivity index (χ4v) is 7.74. The monoisotopic (exact) mass is 598 g/mol. The fourth-order valence-electron chi connectivity index (χ4n) is 7.74. The number of aromatic nitrogens is 3. The third-order valence-electron chi connectivity index (χ3n) is 9.64. The maximum atomic E-state index is 9.68. The predicted molar refractivity (Wildman–Crippen MR) is 194 cm³/mol. The minimum Gasteiger partial charge on any atom is -0.309 e. The molecule has 0 aliphatic rings. The van der Waals surface area contributed by atoms with Crippen molar-refractivity contribution in [2.45, 2.75) is 0 Å². The zero-order chi connectivity index (χ0) is 31.1. The standard InChI is InChI=1S/C43H26N4/c44-27-28-11-9-12-29(25-28)46-39-20-8-4-16-34(39)43-41(46)21-10-22-42(43)47-38-19-7-3-15-33(38)35-26-30(23-24-40(35)47)45-36-17-5-1-13-31(36)32-14-2-6-18-37(32)45/h1-26H. The highest BCUT2D eigenvalue weighted by molar-refractivity contribution is 6.17. The van der Waals surface area contributed by atoms with Gasteiger partial charge >= 0.3 is 0 Å². The van der Waals surface area contributed by atoms with Gasteiger partial charge in [-0.1, -0.05) is 84.9 Å². The molecule has 4 heteroatoms. The lowest BCUT2D eigenvalue weighted by molar-refractivity contribution is 1.16. The van der Waals surface area contributed by atoms with Crippen LogP contribution in [-0.4, -0.2) is 13.7 Å². The lowest BCUT2D eigenvalue weighted by Gasteiger charge is -2.12. The third-order valence-corrected chi connectivity index (χ3v) is 9.64. The highest BCUT2D eigenvalue weighted by Crippen LogP contribution is 2.41. The Hall–Kier alpha value is -6.57. The minimum absolute atomic E-state index is 0.644. The second-order valence-electron chi connectivity index (χ2n) is 12.1. The van der Waals surface area contributed by atoms with E-state index in [4.69, 9.17) is 0 Å². The second-order valence-corrected chi connectivity index (χ2v) is 12.1. The van der Waals surface area contributed by atoms with Crippen molar-refractivity contribution in [3.8, 4) is 23.1 Å². The molecule has 10 aromatic rings. The summed E-state index contributed by atoms with van der Waals surface area (Å²) >= 11 is 0. The molecule has 0 fully saturated rings. The van der Waals surface area contributed by atoms with Crippen LogP contribution < -0.4 is 0 Å². The first-order valence-electron chi connectivity index (χ1n) is 15.8. The van der Waals surface area contributed by atoms with E-state index >= 15 is 0 Å². The molecule has 0 unspecified atom stereocenters. The van der Waals surface area contributed by atoms with E-state index < -0.39 is 0 Å². The van der Waals surface area contributed by atoms with Crippen LogP contribution in [0.1, 0.15) is 5.56 Å². The Morgan fingerprint density at radius 3 is 1.53 bits per heavy atom. The van der Waals surface area contributed by atoms with Gasteiger partial charge in [0.15, 0.2) is 0 Å². The molecule has 3 aromatic heterocycles. The van der Waals surface area contributed by atoms with Gasteiger partial charge in [0.2, 0.25) is 0 Å². The first-order chi connectivity index (χ1) is 23.3. The summed E-state index contributed by atoms with van der Waals surface area (Å²) in [6, 6.07) is 58.3. The predicted octanol–water partition coefficient (Wildman–Crippen LogP) is 10.8. The molecule has 0 aliphatic heterocycles. The van der Waals surface area contributed by atoms with E-state index in [0.29, 0.717) is 5.56 Å². The minimum atomic E-state index is 0.644. The van der Waals surface area contributed by atoms with Gasteiger partial charge < -0.3 is 13.7 Å². The van der Waals surface area contributed by atoms with Gasteiger partial charge in [-0.25, -0.2) is 0 Å². The van der Waals surface area contributed by atoms with Crippen molar-refractivity contribution in [2.24, 2.45) is 0 Å². The Morgan fingerprint density at radius 1 is 0.362 bits per heavy atom. The van der Waals surface area contributed by atoms with E-state index in [-0.39, 0.29) is 0 Å². The van der Waals surface area contributed by atoms with Gasteiger partial charge in [0.1, 0.15) is 0 Å². The highest BCUT2D eigenvalue weighted by Gasteiger charge is 2.20. The van der Waals surface area contributed by atoms with E-state index in [9.17, 15) is 5.26 Å². The maximum Gasteiger partial charge on any atom is 0.0992 e. The summed E-state index contributed by atoms with van der Waals surface area (Å²) in [5.74, 6) is 0. The van der Waals surface area contributed by atoms with Crippen LogP contribution in [0.4, 0.5) is 0 Å².